The van der Waals surface area contributed by atoms with Gasteiger partial charge in [-0.15, -0.1) is 0 Å². The number of amides is 1. The van der Waals surface area contributed by atoms with Gasteiger partial charge in [-0.05, 0) is 63.5 Å². The van der Waals surface area contributed by atoms with E-state index in [0.29, 0.717) is 30.8 Å². The Kier molecular flexibility index (Phi) is 7.57. The van der Waals surface area contributed by atoms with Crippen LogP contribution in [0.5, 0.6) is 0 Å². The highest BCUT2D eigenvalue weighted by molar-refractivity contribution is 7.89. The predicted molar refractivity (Wildman–Crippen MR) is 132 cm³/mol. The SMILES string of the molecule is Cc1noc(/C=C/c2ccco2)c1S(=O)(=O)N1CCC(C(=O)N(Cc2ccccc2)C(C)C)CC1. The molecule has 1 amide bonds. The van der Waals surface area contributed by atoms with E-state index in [0.717, 1.165) is 5.56 Å². The molecule has 3 heterocycles. The Balaban J connectivity index is 1.45. The Morgan fingerprint density at radius 2 is 1.86 bits per heavy atom. The highest BCUT2D eigenvalue weighted by Crippen LogP contribution is 2.30. The molecule has 8 nitrogen and oxygen atoms in total. The van der Waals surface area contributed by atoms with Crippen LogP contribution in [0.1, 0.15) is 49.5 Å². The summed E-state index contributed by atoms with van der Waals surface area (Å²) < 4.78 is 39.0. The number of aryl methyl sites for hydroxylation is 1. The number of hydrogen-bond acceptors (Lipinski definition) is 6. The molecule has 0 spiro atoms. The van der Waals surface area contributed by atoms with Crippen molar-refractivity contribution in [2.45, 2.75) is 51.1 Å². The lowest BCUT2D eigenvalue weighted by molar-refractivity contribution is -0.139. The number of carbonyl (C=O) groups excluding carboxylic acids is 1. The molecule has 9 heteroatoms. The lowest BCUT2D eigenvalue weighted by atomic mass is 9.95. The summed E-state index contributed by atoms with van der Waals surface area (Å²) in [6.07, 6.45) is 5.66. The number of benzene rings is 1. The molecule has 0 saturated carbocycles. The summed E-state index contributed by atoms with van der Waals surface area (Å²) in [7, 11) is -3.83. The van der Waals surface area contributed by atoms with Crippen LogP contribution in [0.3, 0.4) is 0 Å². The van der Waals surface area contributed by atoms with E-state index >= 15 is 0 Å². The van der Waals surface area contributed by atoms with Crippen molar-refractivity contribution in [2.24, 2.45) is 5.92 Å². The van der Waals surface area contributed by atoms with Crippen molar-refractivity contribution in [2.75, 3.05) is 13.1 Å². The number of nitrogens with zero attached hydrogens (tertiary/aromatic N) is 3. The van der Waals surface area contributed by atoms with E-state index in [9.17, 15) is 13.2 Å². The molecule has 2 aromatic heterocycles. The van der Waals surface area contributed by atoms with Gasteiger partial charge in [0.25, 0.3) is 0 Å². The summed E-state index contributed by atoms with van der Waals surface area (Å²) in [4.78, 5) is 15.3. The van der Waals surface area contributed by atoms with Crippen molar-refractivity contribution in [1.82, 2.24) is 14.4 Å². The highest BCUT2D eigenvalue weighted by atomic mass is 32.2. The number of furan rings is 1. The molecule has 0 bridgehead atoms. The van der Waals surface area contributed by atoms with Crippen molar-refractivity contribution in [3.05, 3.63) is 71.5 Å². The topological polar surface area (TPSA) is 96.9 Å². The largest absolute Gasteiger partial charge is 0.465 e. The van der Waals surface area contributed by atoms with Crippen LogP contribution < -0.4 is 0 Å². The van der Waals surface area contributed by atoms with E-state index in [4.69, 9.17) is 8.94 Å². The van der Waals surface area contributed by atoms with Crippen LogP contribution in [0.15, 0.2) is 62.6 Å². The maximum absolute atomic E-state index is 13.5. The van der Waals surface area contributed by atoms with Gasteiger partial charge < -0.3 is 13.8 Å². The maximum atomic E-state index is 13.5. The van der Waals surface area contributed by atoms with Crippen molar-refractivity contribution >= 4 is 28.1 Å². The minimum atomic E-state index is -3.83. The van der Waals surface area contributed by atoms with Crippen LogP contribution in [-0.4, -0.2) is 47.8 Å². The number of hydrogen-bond donors (Lipinski definition) is 0. The quantitative estimate of drug-likeness (QED) is 0.452. The zero-order valence-corrected chi connectivity index (χ0v) is 21.1. The Bertz CT molecular complexity index is 1260. The van der Waals surface area contributed by atoms with Gasteiger partial charge in [-0.2, -0.15) is 4.31 Å². The first-order valence-corrected chi connectivity index (χ1v) is 13.2. The standard InChI is InChI=1S/C26H31N3O5S/c1-19(2)29(18-21-8-5-4-6-9-21)26(30)22-13-15-28(16-14-22)35(31,32)25-20(3)27-34-24(25)12-11-23-10-7-17-33-23/h4-12,17,19,22H,13-16,18H2,1-3H3/b12-11+. The Morgan fingerprint density at radius 1 is 1.14 bits per heavy atom. The molecule has 35 heavy (non-hydrogen) atoms. The summed E-state index contributed by atoms with van der Waals surface area (Å²) in [5.41, 5.74) is 1.38. The van der Waals surface area contributed by atoms with Crippen molar-refractivity contribution in [3.8, 4) is 0 Å². The summed E-state index contributed by atoms with van der Waals surface area (Å²) in [6.45, 7) is 6.70. The summed E-state index contributed by atoms with van der Waals surface area (Å²) in [6, 6.07) is 13.5. The molecule has 186 valence electrons. The smallest absolute Gasteiger partial charge is 0.248 e. The molecule has 1 fully saturated rings. The second-order valence-corrected chi connectivity index (χ2v) is 10.9. The molecule has 1 saturated heterocycles. The number of rotatable bonds is 8. The number of sulfonamides is 1. The normalized spacial score (nSPS) is 15.8. The average Bonchev–Trinajstić information content (AvgIpc) is 3.51. The van der Waals surface area contributed by atoms with Crippen molar-refractivity contribution in [3.63, 3.8) is 0 Å². The number of carbonyl (C=O) groups is 1. The zero-order chi connectivity index (χ0) is 25.0. The van der Waals surface area contributed by atoms with Crippen LogP contribution in [0.4, 0.5) is 0 Å². The molecule has 1 aliphatic rings. The molecule has 1 aromatic carbocycles. The zero-order valence-electron chi connectivity index (χ0n) is 20.3. The lowest BCUT2D eigenvalue weighted by Crippen LogP contribution is -2.46. The molecular formula is C26H31N3O5S. The summed E-state index contributed by atoms with van der Waals surface area (Å²) >= 11 is 0. The average molecular weight is 498 g/mol. The van der Waals surface area contributed by atoms with Gasteiger partial charge in [-0.25, -0.2) is 8.42 Å². The first-order chi connectivity index (χ1) is 16.8. The van der Waals surface area contributed by atoms with Gasteiger partial charge in [0.2, 0.25) is 15.9 Å². The predicted octanol–water partition coefficient (Wildman–Crippen LogP) is 4.58. The van der Waals surface area contributed by atoms with Crippen LogP contribution in [0.2, 0.25) is 0 Å². The van der Waals surface area contributed by atoms with E-state index < -0.39 is 10.0 Å². The van der Waals surface area contributed by atoms with Gasteiger partial charge in [-0.3, -0.25) is 4.79 Å². The highest BCUT2D eigenvalue weighted by Gasteiger charge is 2.37. The van der Waals surface area contributed by atoms with Crippen LogP contribution in [0, 0.1) is 12.8 Å². The number of aromatic nitrogens is 1. The van der Waals surface area contributed by atoms with E-state index in [1.165, 1.54) is 10.6 Å². The van der Waals surface area contributed by atoms with Gasteiger partial charge in [0.15, 0.2) is 10.7 Å². The van der Waals surface area contributed by atoms with E-state index in [1.54, 1.807) is 31.2 Å². The second-order valence-electron chi connectivity index (χ2n) is 9.03. The van der Waals surface area contributed by atoms with Gasteiger partial charge >= 0.3 is 0 Å². The van der Waals surface area contributed by atoms with E-state index in [2.05, 4.69) is 5.16 Å². The molecule has 3 aromatic rings. The van der Waals surface area contributed by atoms with Crippen LogP contribution in [0.25, 0.3) is 12.2 Å². The van der Waals surface area contributed by atoms with Gasteiger partial charge in [0, 0.05) is 31.6 Å². The second kappa shape index (κ2) is 10.6. The first kappa shape index (κ1) is 24.9. The third kappa shape index (κ3) is 5.57. The van der Waals surface area contributed by atoms with Gasteiger partial charge in [-0.1, -0.05) is 35.5 Å². The maximum Gasteiger partial charge on any atom is 0.248 e. The molecular weight excluding hydrogens is 466 g/mol. The molecule has 0 unspecified atom stereocenters. The third-order valence-electron chi connectivity index (χ3n) is 6.28. The molecule has 4 rings (SSSR count). The lowest BCUT2D eigenvalue weighted by Gasteiger charge is -2.35. The molecule has 0 radical (unpaired) electrons. The fraction of sp³-hybridized carbons (Fsp3) is 0.385. The van der Waals surface area contributed by atoms with Crippen LogP contribution in [-0.2, 0) is 21.4 Å². The monoisotopic (exact) mass is 497 g/mol. The van der Waals surface area contributed by atoms with Crippen molar-refractivity contribution in [1.29, 1.82) is 0 Å². The number of piperidine rings is 1. The summed E-state index contributed by atoms with van der Waals surface area (Å²) in [5.74, 6) is 0.594. The van der Waals surface area contributed by atoms with Crippen LogP contribution >= 0.6 is 0 Å². The fourth-order valence-corrected chi connectivity index (χ4v) is 6.06. The van der Waals surface area contributed by atoms with Crippen molar-refractivity contribution < 1.29 is 22.2 Å². The first-order valence-electron chi connectivity index (χ1n) is 11.8. The van der Waals surface area contributed by atoms with Gasteiger partial charge in [0.05, 0.1) is 6.26 Å². The fourth-order valence-electron chi connectivity index (χ4n) is 4.34. The van der Waals surface area contributed by atoms with E-state index in [1.807, 2.05) is 49.1 Å². The minimum Gasteiger partial charge on any atom is -0.465 e. The minimum absolute atomic E-state index is 0.0487. The molecule has 0 aliphatic carbocycles. The Hall–Kier alpha value is -3.17. The molecule has 0 N–H and O–H groups in total. The Labute approximate surface area is 206 Å². The molecule has 0 atom stereocenters. The van der Waals surface area contributed by atoms with E-state index in [-0.39, 0.29) is 41.6 Å². The Morgan fingerprint density at radius 3 is 2.49 bits per heavy atom. The summed E-state index contributed by atoms with van der Waals surface area (Å²) in [5, 5.41) is 3.88. The van der Waals surface area contributed by atoms with Gasteiger partial charge in [0.1, 0.15) is 11.5 Å². The molecule has 1 aliphatic heterocycles. The third-order valence-corrected chi connectivity index (χ3v) is 8.34.